The highest BCUT2D eigenvalue weighted by atomic mass is 32.2. The van der Waals surface area contributed by atoms with Crippen LogP contribution in [0, 0.1) is 0 Å². The summed E-state index contributed by atoms with van der Waals surface area (Å²) in [6.45, 7) is 2.51. The number of anilines is 1. The molecule has 0 saturated carbocycles. The van der Waals surface area contributed by atoms with Gasteiger partial charge in [-0.15, -0.1) is 0 Å². The zero-order chi connectivity index (χ0) is 15.5. The van der Waals surface area contributed by atoms with Crippen LogP contribution in [0.5, 0.6) is 0 Å². The van der Waals surface area contributed by atoms with Gasteiger partial charge in [-0.25, -0.2) is 8.42 Å². The molecule has 1 amide bonds. The predicted octanol–water partition coefficient (Wildman–Crippen LogP) is 0.979. The average Bonchev–Trinajstić information content (AvgIpc) is 2.46. The topological polar surface area (TPSA) is 75.7 Å². The predicted molar refractivity (Wildman–Crippen MR) is 80.5 cm³/mol. The highest BCUT2D eigenvalue weighted by molar-refractivity contribution is 7.89. The Balaban J connectivity index is 2.16. The number of carbonyl (C=O) groups is 1. The summed E-state index contributed by atoms with van der Waals surface area (Å²) in [5.41, 5.74) is 2.72. The number of rotatable bonds is 5. The number of methoxy groups -OCH3 is 1. The molecule has 0 aromatic heterocycles. The molecule has 6 nitrogen and oxygen atoms in total. The van der Waals surface area contributed by atoms with Crippen molar-refractivity contribution in [3.8, 4) is 0 Å². The number of amides is 1. The zero-order valence-corrected chi connectivity index (χ0v) is 13.1. The van der Waals surface area contributed by atoms with E-state index in [2.05, 4.69) is 5.32 Å². The van der Waals surface area contributed by atoms with E-state index in [4.69, 9.17) is 4.74 Å². The lowest BCUT2D eigenvalue weighted by atomic mass is 10.0. The first-order valence-corrected chi connectivity index (χ1v) is 8.45. The molecule has 1 N–H and O–H groups in total. The second-order valence-electron chi connectivity index (χ2n) is 4.95. The number of hydrogen-bond donors (Lipinski definition) is 1. The smallest absolute Gasteiger partial charge is 0.250 e. The van der Waals surface area contributed by atoms with Crippen LogP contribution >= 0.6 is 0 Å². The molecule has 0 saturated heterocycles. The van der Waals surface area contributed by atoms with Crippen LogP contribution in [-0.4, -0.2) is 44.6 Å². The molecular formula is C14H20N2O4S. The van der Waals surface area contributed by atoms with E-state index in [1.54, 1.807) is 6.92 Å². The van der Waals surface area contributed by atoms with Crippen LogP contribution in [0.4, 0.5) is 5.69 Å². The minimum atomic E-state index is -3.18. The molecular weight excluding hydrogens is 292 g/mol. The van der Waals surface area contributed by atoms with Crippen LogP contribution in [0.3, 0.4) is 0 Å². The maximum absolute atomic E-state index is 12.0. The van der Waals surface area contributed by atoms with Crippen LogP contribution in [0.15, 0.2) is 18.2 Å². The molecule has 0 radical (unpaired) electrons. The number of hydrogen-bond acceptors (Lipinski definition) is 4. The Bertz CT molecular complexity index is 628. The van der Waals surface area contributed by atoms with Crippen molar-refractivity contribution in [3.63, 3.8) is 0 Å². The molecule has 0 atom stereocenters. The Hall–Kier alpha value is -1.44. The largest absolute Gasteiger partial charge is 0.375 e. The van der Waals surface area contributed by atoms with Crippen molar-refractivity contribution in [3.05, 3.63) is 29.3 Å². The minimum absolute atomic E-state index is 0.00652. The number of carbonyl (C=O) groups excluding carboxylic acids is 1. The lowest BCUT2D eigenvalue weighted by molar-refractivity contribution is -0.119. The third kappa shape index (κ3) is 3.81. The summed E-state index contributed by atoms with van der Waals surface area (Å²) in [7, 11) is -1.72. The summed E-state index contributed by atoms with van der Waals surface area (Å²) in [5.74, 6) is -0.127. The Morgan fingerprint density at radius 3 is 2.81 bits per heavy atom. The molecule has 0 aliphatic carbocycles. The Morgan fingerprint density at radius 1 is 1.38 bits per heavy atom. The highest BCUT2D eigenvalue weighted by Gasteiger charge is 2.25. The van der Waals surface area contributed by atoms with E-state index < -0.39 is 10.0 Å². The van der Waals surface area contributed by atoms with Gasteiger partial charge in [-0.1, -0.05) is 6.07 Å². The first-order chi connectivity index (χ1) is 9.96. The molecule has 21 heavy (non-hydrogen) atoms. The average molecular weight is 312 g/mol. The van der Waals surface area contributed by atoms with Crippen molar-refractivity contribution in [2.24, 2.45) is 0 Å². The summed E-state index contributed by atoms with van der Waals surface area (Å²) in [5, 5.41) is 2.73. The molecule has 1 aliphatic rings. The molecule has 116 valence electrons. The van der Waals surface area contributed by atoms with Gasteiger partial charge in [-0.3, -0.25) is 4.79 Å². The van der Waals surface area contributed by atoms with Gasteiger partial charge in [0.25, 0.3) is 0 Å². The summed E-state index contributed by atoms with van der Waals surface area (Å²) in [6, 6.07) is 5.60. The molecule has 0 unspecified atom stereocenters. The van der Waals surface area contributed by atoms with E-state index in [0.717, 1.165) is 11.1 Å². The molecule has 0 spiro atoms. The summed E-state index contributed by atoms with van der Waals surface area (Å²) in [4.78, 5) is 11.5. The van der Waals surface area contributed by atoms with Gasteiger partial charge in [0.1, 0.15) is 6.61 Å². The SMILES string of the molecule is CCS(=O)(=O)N1CCc2ccc(NC(=O)COC)cc2C1. The summed E-state index contributed by atoms with van der Waals surface area (Å²) < 4.78 is 30.2. The molecule has 0 bridgehead atoms. The van der Waals surface area contributed by atoms with Crippen LogP contribution in [0.2, 0.25) is 0 Å². The molecule has 1 heterocycles. The first kappa shape index (κ1) is 15.9. The minimum Gasteiger partial charge on any atom is -0.375 e. The fourth-order valence-corrected chi connectivity index (χ4v) is 3.43. The second-order valence-corrected chi connectivity index (χ2v) is 7.21. The van der Waals surface area contributed by atoms with Gasteiger partial charge in [-0.05, 0) is 36.6 Å². The number of benzene rings is 1. The number of fused-ring (bicyclic) bond motifs is 1. The standard InChI is InChI=1S/C14H20N2O4S/c1-3-21(18,19)16-7-6-11-4-5-13(8-12(11)9-16)15-14(17)10-20-2/h4-5,8H,3,6-7,9-10H2,1-2H3,(H,15,17). The molecule has 1 aromatic rings. The Kier molecular flexibility index (Phi) is 4.97. The number of nitrogens with one attached hydrogen (secondary N) is 1. The van der Waals surface area contributed by atoms with Crippen molar-refractivity contribution in [2.45, 2.75) is 19.9 Å². The Morgan fingerprint density at radius 2 is 2.14 bits per heavy atom. The van der Waals surface area contributed by atoms with Crippen molar-refractivity contribution in [1.82, 2.24) is 4.31 Å². The number of ether oxygens (including phenoxy) is 1. The van der Waals surface area contributed by atoms with Gasteiger partial charge in [0.05, 0.1) is 5.75 Å². The lowest BCUT2D eigenvalue weighted by Crippen LogP contribution is -2.36. The van der Waals surface area contributed by atoms with E-state index in [-0.39, 0.29) is 18.3 Å². The molecule has 0 fully saturated rings. The third-order valence-corrected chi connectivity index (χ3v) is 5.33. The Labute approximate surface area is 125 Å². The third-order valence-electron chi connectivity index (χ3n) is 3.50. The van der Waals surface area contributed by atoms with Gasteiger partial charge in [0.15, 0.2) is 0 Å². The monoisotopic (exact) mass is 312 g/mol. The van der Waals surface area contributed by atoms with Crippen LogP contribution in [0.1, 0.15) is 18.1 Å². The van der Waals surface area contributed by atoms with Crippen molar-refractivity contribution in [1.29, 1.82) is 0 Å². The fourth-order valence-electron chi connectivity index (χ4n) is 2.36. The first-order valence-electron chi connectivity index (χ1n) is 6.84. The van der Waals surface area contributed by atoms with Crippen LogP contribution < -0.4 is 5.32 Å². The molecule has 1 aliphatic heterocycles. The van der Waals surface area contributed by atoms with E-state index in [1.807, 2.05) is 18.2 Å². The molecule has 7 heteroatoms. The fraction of sp³-hybridized carbons (Fsp3) is 0.500. The molecule has 1 aromatic carbocycles. The summed E-state index contributed by atoms with van der Waals surface area (Å²) in [6.07, 6.45) is 0.695. The van der Waals surface area contributed by atoms with Gasteiger partial charge >= 0.3 is 0 Å². The van der Waals surface area contributed by atoms with Crippen LogP contribution in [-0.2, 0) is 32.5 Å². The number of sulfonamides is 1. The van der Waals surface area contributed by atoms with Gasteiger partial charge in [0, 0.05) is 25.9 Å². The van der Waals surface area contributed by atoms with Crippen molar-refractivity contribution >= 4 is 21.6 Å². The van der Waals surface area contributed by atoms with E-state index >= 15 is 0 Å². The zero-order valence-electron chi connectivity index (χ0n) is 12.3. The van der Waals surface area contributed by atoms with E-state index in [9.17, 15) is 13.2 Å². The van der Waals surface area contributed by atoms with Gasteiger partial charge < -0.3 is 10.1 Å². The quantitative estimate of drug-likeness (QED) is 0.879. The normalized spacial score (nSPS) is 15.5. The van der Waals surface area contributed by atoms with E-state index in [0.29, 0.717) is 25.2 Å². The van der Waals surface area contributed by atoms with Crippen LogP contribution in [0.25, 0.3) is 0 Å². The second kappa shape index (κ2) is 6.55. The maximum atomic E-state index is 12.0. The van der Waals surface area contributed by atoms with Gasteiger partial charge in [0.2, 0.25) is 15.9 Å². The van der Waals surface area contributed by atoms with Gasteiger partial charge in [-0.2, -0.15) is 4.31 Å². The highest BCUT2D eigenvalue weighted by Crippen LogP contribution is 2.24. The number of nitrogens with zero attached hydrogens (tertiary/aromatic N) is 1. The van der Waals surface area contributed by atoms with Crippen molar-refractivity contribution < 1.29 is 17.9 Å². The summed E-state index contributed by atoms with van der Waals surface area (Å²) >= 11 is 0. The van der Waals surface area contributed by atoms with Crippen molar-refractivity contribution in [2.75, 3.05) is 31.3 Å². The van der Waals surface area contributed by atoms with E-state index in [1.165, 1.54) is 11.4 Å². The molecule has 2 rings (SSSR count). The lowest BCUT2D eigenvalue weighted by Gasteiger charge is -2.28. The maximum Gasteiger partial charge on any atom is 0.250 e.